The quantitative estimate of drug-likeness (QED) is 0.669. The van der Waals surface area contributed by atoms with Gasteiger partial charge in [0.25, 0.3) is 5.91 Å². The van der Waals surface area contributed by atoms with E-state index in [1.54, 1.807) is 12.1 Å². The highest BCUT2D eigenvalue weighted by molar-refractivity contribution is 7.89. The van der Waals surface area contributed by atoms with Crippen molar-refractivity contribution in [1.82, 2.24) is 4.31 Å². The summed E-state index contributed by atoms with van der Waals surface area (Å²) in [5.41, 5.74) is 1.34. The molecule has 0 aliphatic heterocycles. The lowest BCUT2D eigenvalue weighted by Crippen LogP contribution is -2.32. The molecular formula is C21H27FN2O3S. The normalized spacial score (nSPS) is 11.6. The van der Waals surface area contributed by atoms with Crippen LogP contribution in [0.4, 0.5) is 10.1 Å². The Morgan fingerprint density at radius 2 is 1.61 bits per heavy atom. The maximum Gasteiger partial charge on any atom is 0.258 e. The monoisotopic (exact) mass is 406 g/mol. The van der Waals surface area contributed by atoms with Gasteiger partial charge >= 0.3 is 0 Å². The van der Waals surface area contributed by atoms with Gasteiger partial charge in [0, 0.05) is 18.8 Å². The molecule has 0 heterocycles. The molecule has 0 spiro atoms. The van der Waals surface area contributed by atoms with Crippen LogP contribution in [-0.4, -0.2) is 31.7 Å². The van der Waals surface area contributed by atoms with Crippen LogP contribution >= 0.6 is 0 Å². The Hall–Kier alpha value is -2.25. The molecule has 0 unspecified atom stereocenters. The van der Waals surface area contributed by atoms with Crippen molar-refractivity contribution >= 4 is 21.6 Å². The number of halogens is 1. The molecule has 0 atom stereocenters. The Morgan fingerprint density at radius 3 is 2.14 bits per heavy atom. The third-order valence-electron chi connectivity index (χ3n) is 4.39. The summed E-state index contributed by atoms with van der Waals surface area (Å²) in [5, 5.41) is 2.62. The van der Waals surface area contributed by atoms with Gasteiger partial charge in [0.1, 0.15) is 5.82 Å². The maximum atomic E-state index is 14.3. The van der Waals surface area contributed by atoms with Gasteiger partial charge in [-0.1, -0.05) is 32.9 Å². The number of carbonyl (C=O) groups is 1. The highest BCUT2D eigenvalue weighted by Gasteiger charge is 2.25. The first-order chi connectivity index (χ1) is 13.3. The maximum absolute atomic E-state index is 14.3. The Morgan fingerprint density at radius 1 is 1.00 bits per heavy atom. The smallest absolute Gasteiger partial charge is 0.258 e. The number of hydrogen-bond acceptors (Lipinski definition) is 3. The molecule has 0 aromatic heterocycles. The fourth-order valence-corrected chi connectivity index (χ4v) is 4.51. The standard InChI is InChI=1S/C21H27FN2O3S/c1-4-13-24(14-5-2)28(26,27)18-11-12-20(22)19(15-18)21(25)23-17-9-7-16(6-3)8-10-17/h7-12,15H,4-6,13-14H2,1-3H3,(H,23,25). The van der Waals surface area contributed by atoms with E-state index in [2.05, 4.69) is 5.32 Å². The van der Waals surface area contributed by atoms with E-state index in [9.17, 15) is 17.6 Å². The van der Waals surface area contributed by atoms with Gasteiger partial charge in [0.15, 0.2) is 0 Å². The summed E-state index contributed by atoms with van der Waals surface area (Å²) in [5.74, 6) is -1.45. The Kier molecular flexibility index (Phi) is 7.71. The molecule has 0 radical (unpaired) electrons. The SMILES string of the molecule is CCCN(CCC)S(=O)(=O)c1ccc(F)c(C(=O)Nc2ccc(CC)cc2)c1. The zero-order valence-electron chi connectivity index (χ0n) is 16.5. The lowest BCUT2D eigenvalue weighted by molar-refractivity contribution is 0.102. The first-order valence-electron chi connectivity index (χ1n) is 9.53. The van der Waals surface area contributed by atoms with Gasteiger partial charge in [-0.2, -0.15) is 4.31 Å². The van der Waals surface area contributed by atoms with E-state index in [1.807, 2.05) is 32.9 Å². The van der Waals surface area contributed by atoms with Crippen LogP contribution in [-0.2, 0) is 16.4 Å². The molecule has 0 bridgehead atoms. The predicted octanol–water partition coefficient (Wildman–Crippen LogP) is 4.45. The number of benzene rings is 2. The number of hydrogen-bond donors (Lipinski definition) is 1. The average Bonchev–Trinajstić information content (AvgIpc) is 2.68. The molecule has 7 heteroatoms. The molecule has 2 aromatic carbocycles. The van der Waals surface area contributed by atoms with Crippen molar-refractivity contribution in [2.75, 3.05) is 18.4 Å². The van der Waals surface area contributed by atoms with Gasteiger partial charge in [-0.15, -0.1) is 0 Å². The summed E-state index contributed by atoms with van der Waals surface area (Å²) in [6, 6.07) is 10.6. The Bertz CT molecular complexity index is 906. The lowest BCUT2D eigenvalue weighted by atomic mass is 10.1. The van der Waals surface area contributed by atoms with Crippen LogP contribution in [0.5, 0.6) is 0 Å². The van der Waals surface area contributed by atoms with Crippen molar-refractivity contribution in [2.45, 2.75) is 44.9 Å². The van der Waals surface area contributed by atoms with Crippen LogP contribution in [0.3, 0.4) is 0 Å². The van der Waals surface area contributed by atoms with E-state index in [0.717, 1.165) is 24.1 Å². The van der Waals surface area contributed by atoms with E-state index in [1.165, 1.54) is 10.4 Å². The molecule has 152 valence electrons. The van der Waals surface area contributed by atoms with Crippen LogP contribution in [0.1, 0.15) is 49.5 Å². The minimum Gasteiger partial charge on any atom is -0.322 e. The number of rotatable bonds is 9. The van der Waals surface area contributed by atoms with Crippen LogP contribution < -0.4 is 5.32 Å². The number of sulfonamides is 1. The minimum atomic E-state index is -3.79. The summed E-state index contributed by atoms with van der Waals surface area (Å²) < 4.78 is 41.4. The van der Waals surface area contributed by atoms with Crippen molar-refractivity contribution in [3.63, 3.8) is 0 Å². The molecule has 0 saturated heterocycles. The number of nitrogens with zero attached hydrogens (tertiary/aromatic N) is 1. The van der Waals surface area contributed by atoms with Gasteiger partial charge in [-0.3, -0.25) is 4.79 Å². The number of anilines is 1. The van der Waals surface area contributed by atoms with E-state index in [-0.39, 0.29) is 10.5 Å². The molecule has 28 heavy (non-hydrogen) atoms. The van der Waals surface area contributed by atoms with Crippen molar-refractivity contribution in [1.29, 1.82) is 0 Å². The summed E-state index contributed by atoms with van der Waals surface area (Å²) in [7, 11) is -3.79. The van der Waals surface area contributed by atoms with Crippen LogP contribution in [0, 0.1) is 5.82 Å². The topological polar surface area (TPSA) is 66.5 Å². The molecule has 0 saturated carbocycles. The van der Waals surface area contributed by atoms with Crippen molar-refractivity contribution < 1.29 is 17.6 Å². The zero-order chi connectivity index (χ0) is 20.7. The summed E-state index contributed by atoms with van der Waals surface area (Å²) in [6.07, 6.45) is 2.21. The van der Waals surface area contributed by atoms with Gasteiger partial charge in [0.05, 0.1) is 10.5 Å². The number of carbonyl (C=O) groups excluding carboxylic acids is 1. The minimum absolute atomic E-state index is 0.0812. The van der Waals surface area contributed by atoms with Gasteiger partial charge in [0.2, 0.25) is 10.0 Å². The molecule has 0 aliphatic carbocycles. The number of aryl methyl sites for hydroxylation is 1. The van der Waals surface area contributed by atoms with E-state index < -0.39 is 21.7 Å². The fourth-order valence-electron chi connectivity index (χ4n) is 2.86. The van der Waals surface area contributed by atoms with Crippen LogP contribution in [0.15, 0.2) is 47.4 Å². The van der Waals surface area contributed by atoms with Crippen molar-refractivity contribution in [3.05, 3.63) is 59.4 Å². The van der Waals surface area contributed by atoms with E-state index in [0.29, 0.717) is 31.6 Å². The van der Waals surface area contributed by atoms with E-state index >= 15 is 0 Å². The molecule has 0 fully saturated rings. The fraction of sp³-hybridized carbons (Fsp3) is 0.381. The molecule has 1 amide bonds. The van der Waals surface area contributed by atoms with E-state index in [4.69, 9.17) is 0 Å². The number of amides is 1. The van der Waals surface area contributed by atoms with Crippen molar-refractivity contribution in [3.8, 4) is 0 Å². The summed E-state index contributed by atoms with van der Waals surface area (Å²) >= 11 is 0. The lowest BCUT2D eigenvalue weighted by Gasteiger charge is -2.21. The Balaban J connectivity index is 2.31. The van der Waals surface area contributed by atoms with Crippen LogP contribution in [0.2, 0.25) is 0 Å². The first kappa shape index (κ1) is 22.0. The molecular weight excluding hydrogens is 379 g/mol. The highest BCUT2D eigenvalue weighted by atomic mass is 32.2. The molecule has 0 aliphatic rings. The van der Waals surface area contributed by atoms with Crippen molar-refractivity contribution in [2.24, 2.45) is 0 Å². The first-order valence-corrected chi connectivity index (χ1v) is 11.0. The largest absolute Gasteiger partial charge is 0.322 e. The second-order valence-corrected chi connectivity index (χ2v) is 8.49. The molecule has 2 aromatic rings. The third-order valence-corrected chi connectivity index (χ3v) is 6.28. The Labute approximate surface area is 166 Å². The zero-order valence-corrected chi connectivity index (χ0v) is 17.4. The predicted molar refractivity (Wildman–Crippen MR) is 110 cm³/mol. The molecule has 1 N–H and O–H groups in total. The summed E-state index contributed by atoms with van der Waals surface area (Å²) in [4.78, 5) is 12.4. The summed E-state index contributed by atoms with van der Waals surface area (Å²) in [6.45, 7) is 6.56. The molecule has 2 rings (SSSR count). The molecule has 5 nitrogen and oxygen atoms in total. The second-order valence-electron chi connectivity index (χ2n) is 6.55. The van der Waals surface area contributed by atoms with Crippen LogP contribution in [0.25, 0.3) is 0 Å². The average molecular weight is 407 g/mol. The van der Waals surface area contributed by atoms with Gasteiger partial charge in [-0.05, 0) is 55.2 Å². The number of nitrogens with one attached hydrogen (secondary N) is 1. The highest BCUT2D eigenvalue weighted by Crippen LogP contribution is 2.21. The third kappa shape index (κ3) is 5.17. The van der Waals surface area contributed by atoms with Gasteiger partial charge < -0.3 is 5.32 Å². The van der Waals surface area contributed by atoms with Gasteiger partial charge in [-0.25, -0.2) is 12.8 Å². The second kappa shape index (κ2) is 9.80.